The Labute approximate surface area is 139 Å². The van der Waals surface area contributed by atoms with Gasteiger partial charge >= 0.3 is 0 Å². The zero-order valence-electron chi connectivity index (χ0n) is 12.6. The van der Waals surface area contributed by atoms with Crippen molar-refractivity contribution in [2.45, 2.75) is 6.92 Å². The number of rotatable bonds is 4. The topological polar surface area (TPSA) is 140 Å². The second-order valence-electron chi connectivity index (χ2n) is 4.63. The van der Waals surface area contributed by atoms with Gasteiger partial charge in [0.2, 0.25) is 5.88 Å². The summed E-state index contributed by atoms with van der Waals surface area (Å²) in [5.41, 5.74) is -0.378. The van der Waals surface area contributed by atoms with Gasteiger partial charge in [-0.3, -0.25) is 9.36 Å². The van der Waals surface area contributed by atoms with E-state index in [1.54, 1.807) is 6.07 Å². The van der Waals surface area contributed by atoms with Crippen LogP contribution in [0.2, 0.25) is 0 Å². The first-order chi connectivity index (χ1) is 11.3. The van der Waals surface area contributed by atoms with Crippen LogP contribution in [0.3, 0.4) is 0 Å². The van der Waals surface area contributed by atoms with Crippen molar-refractivity contribution in [1.29, 1.82) is 5.26 Å². The number of nitriles is 1. The Bertz CT molecular complexity index is 945. The van der Waals surface area contributed by atoms with Crippen LogP contribution >= 0.6 is 0 Å². The fourth-order valence-corrected chi connectivity index (χ4v) is 2.17. The molecule has 0 aliphatic rings. The van der Waals surface area contributed by atoms with Crippen LogP contribution in [-0.2, 0) is 18.4 Å². The minimum Gasteiger partial charge on any atom is -0.740 e. The lowest BCUT2D eigenvalue weighted by atomic mass is 10.1. The van der Waals surface area contributed by atoms with E-state index in [-0.39, 0.29) is 28.3 Å². The van der Waals surface area contributed by atoms with Crippen LogP contribution in [0.25, 0.3) is 0 Å². The van der Waals surface area contributed by atoms with Crippen LogP contribution in [0.5, 0.6) is 11.6 Å². The summed E-state index contributed by atoms with van der Waals surface area (Å²) in [7, 11) is 1.30. The lowest BCUT2D eigenvalue weighted by molar-refractivity contribution is 0.421. The highest BCUT2D eigenvalue weighted by molar-refractivity contribution is 7.74. The maximum absolute atomic E-state index is 12.1. The van der Waals surface area contributed by atoms with Gasteiger partial charge in [0, 0.05) is 18.7 Å². The molecule has 24 heavy (non-hydrogen) atoms. The largest absolute Gasteiger partial charge is 0.740 e. The number of pyridine rings is 1. The molecule has 0 radical (unpaired) electrons. The molecule has 124 valence electrons. The van der Waals surface area contributed by atoms with E-state index in [2.05, 4.69) is 14.4 Å². The molecule has 0 aliphatic heterocycles. The summed E-state index contributed by atoms with van der Waals surface area (Å²) < 4.78 is 26.4. The van der Waals surface area contributed by atoms with Gasteiger partial charge in [-0.25, -0.2) is 4.21 Å². The summed E-state index contributed by atoms with van der Waals surface area (Å²) in [5.74, 6) is -0.417. The minimum atomic E-state index is -2.72. The molecular formula is C14H11N4O5S-. The first-order valence-electron chi connectivity index (χ1n) is 6.47. The Balaban J connectivity index is 2.47. The molecule has 0 saturated heterocycles. The molecule has 0 bridgehead atoms. The van der Waals surface area contributed by atoms with Gasteiger partial charge < -0.3 is 13.8 Å². The van der Waals surface area contributed by atoms with Gasteiger partial charge in [0.05, 0.1) is 5.69 Å². The highest BCUT2D eigenvalue weighted by Gasteiger charge is 2.16. The van der Waals surface area contributed by atoms with Crippen molar-refractivity contribution in [3.8, 4) is 17.7 Å². The second-order valence-corrected chi connectivity index (χ2v) is 5.21. The van der Waals surface area contributed by atoms with Crippen molar-refractivity contribution in [3.63, 3.8) is 0 Å². The average molecular weight is 347 g/mol. The zero-order valence-corrected chi connectivity index (χ0v) is 13.4. The standard InChI is InChI=1S/C14H12N4O5S/c1-8-11(7-15)13(19)18(2)14(20)12(8)17-16-9-4-3-5-10(6-9)23-24(21)22/h3-6,19H,1-2H3,(H,21,22)/p-1. The summed E-state index contributed by atoms with van der Waals surface area (Å²) >= 11 is -2.72. The lowest BCUT2D eigenvalue weighted by Crippen LogP contribution is -2.18. The molecule has 1 atom stereocenters. The minimum absolute atomic E-state index is 0.0350. The monoisotopic (exact) mass is 347 g/mol. The molecule has 1 aromatic heterocycles. The summed E-state index contributed by atoms with van der Waals surface area (Å²) in [5, 5.41) is 26.5. The van der Waals surface area contributed by atoms with Crippen molar-refractivity contribution < 1.29 is 18.1 Å². The van der Waals surface area contributed by atoms with E-state index >= 15 is 0 Å². The van der Waals surface area contributed by atoms with Crippen molar-refractivity contribution in [3.05, 3.63) is 45.7 Å². The number of hydrogen-bond acceptors (Lipinski definition) is 8. The number of benzene rings is 1. The van der Waals surface area contributed by atoms with Gasteiger partial charge in [-0.15, -0.1) is 5.11 Å². The van der Waals surface area contributed by atoms with Crippen LogP contribution in [0.1, 0.15) is 11.1 Å². The molecule has 0 saturated carbocycles. The molecule has 2 rings (SSSR count). The molecule has 1 unspecified atom stereocenters. The highest BCUT2D eigenvalue weighted by Crippen LogP contribution is 2.27. The van der Waals surface area contributed by atoms with E-state index in [1.165, 1.54) is 38.2 Å². The van der Waals surface area contributed by atoms with Gasteiger partial charge in [-0.2, -0.15) is 10.4 Å². The zero-order chi connectivity index (χ0) is 17.9. The molecule has 9 nitrogen and oxygen atoms in total. The Hall–Kier alpha value is -3.03. The fourth-order valence-electron chi connectivity index (χ4n) is 1.90. The van der Waals surface area contributed by atoms with Crippen LogP contribution < -0.4 is 9.74 Å². The molecule has 1 heterocycles. The SMILES string of the molecule is Cc1c(C#N)c(O)n(C)c(=O)c1N=Nc1cccc(OS(=O)[O-])c1. The van der Waals surface area contributed by atoms with E-state index < -0.39 is 22.8 Å². The third-order valence-electron chi connectivity index (χ3n) is 3.14. The van der Waals surface area contributed by atoms with E-state index in [1.807, 2.05) is 0 Å². The molecular weight excluding hydrogens is 336 g/mol. The van der Waals surface area contributed by atoms with Gasteiger partial charge in [0.1, 0.15) is 28.7 Å². The molecule has 0 fully saturated rings. The molecule has 1 aromatic carbocycles. The van der Waals surface area contributed by atoms with Gasteiger partial charge in [-0.1, -0.05) is 6.07 Å². The predicted molar refractivity (Wildman–Crippen MR) is 83.0 cm³/mol. The van der Waals surface area contributed by atoms with Crippen LogP contribution in [0.15, 0.2) is 39.3 Å². The molecule has 0 spiro atoms. The lowest BCUT2D eigenvalue weighted by Gasteiger charge is -2.08. The van der Waals surface area contributed by atoms with E-state index in [0.717, 1.165) is 4.57 Å². The second kappa shape index (κ2) is 7.03. The maximum atomic E-state index is 12.1. The third-order valence-corrected chi connectivity index (χ3v) is 3.47. The number of hydrogen-bond donors (Lipinski definition) is 1. The van der Waals surface area contributed by atoms with Crippen molar-refractivity contribution >= 4 is 22.7 Å². The fraction of sp³-hybridized carbons (Fsp3) is 0.143. The smallest absolute Gasteiger partial charge is 0.281 e. The quantitative estimate of drug-likeness (QED) is 0.661. The number of nitrogens with zero attached hydrogens (tertiary/aromatic N) is 4. The molecule has 2 aromatic rings. The van der Waals surface area contributed by atoms with Crippen LogP contribution in [0.4, 0.5) is 11.4 Å². The summed E-state index contributed by atoms with van der Waals surface area (Å²) in [6, 6.07) is 7.54. The van der Waals surface area contributed by atoms with Crippen LogP contribution in [0, 0.1) is 18.3 Å². The molecule has 1 N–H and O–H groups in total. The van der Waals surface area contributed by atoms with E-state index in [4.69, 9.17) is 5.26 Å². The summed E-state index contributed by atoms with van der Waals surface area (Å²) in [6.45, 7) is 1.47. The summed E-state index contributed by atoms with van der Waals surface area (Å²) in [4.78, 5) is 12.1. The Kier molecular flexibility index (Phi) is 5.08. The summed E-state index contributed by atoms with van der Waals surface area (Å²) in [6.07, 6.45) is 0. The molecule has 10 heteroatoms. The Morgan fingerprint density at radius 3 is 2.75 bits per heavy atom. The predicted octanol–water partition coefficient (Wildman–Crippen LogP) is 1.86. The molecule has 0 aliphatic carbocycles. The Morgan fingerprint density at radius 1 is 1.42 bits per heavy atom. The van der Waals surface area contributed by atoms with Gasteiger partial charge in [0.25, 0.3) is 5.56 Å². The third kappa shape index (κ3) is 3.48. The maximum Gasteiger partial charge on any atom is 0.281 e. The first kappa shape index (κ1) is 17.3. The van der Waals surface area contributed by atoms with Crippen LogP contribution in [-0.4, -0.2) is 18.4 Å². The number of azo groups is 1. The molecule has 0 amide bonds. The van der Waals surface area contributed by atoms with Gasteiger partial charge in [-0.05, 0) is 19.1 Å². The van der Waals surface area contributed by atoms with E-state index in [0.29, 0.717) is 0 Å². The van der Waals surface area contributed by atoms with Crippen molar-refractivity contribution in [2.75, 3.05) is 0 Å². The van der Waals surface area contributed by atoms with Gasteiger partial charge in [0.15, 0.2) is 5.69 Å². The number of aromatic hydroxyl groups is 1. The average Bonchev–Trinajstić information content (AvgIpc) is 2.53. The van der Waals surface area contributed by atoms with Crippen molar-refractivity contribution in [1.82, 2.24) is 4.57 Å². The van der Waals surface area contributed by atoms with Crippen molar-refractivity contribution in [2.24, 2.45) is 17.3 Å². The first-order valence-corrected chi connectivity index (χ1v) is 7.47. The normalized spacial score (nSPS) is 12.1. The number of aromatic nitrogens is 1. The highest BCUT2D eigenvalue weighted by atomic mass is 32.2. The Morgan fingerprint density at radius 2 is 2.12 bits per heavy atom. The van der Waals surface area contributed by atoms with E-state index in [9.17, 15) is 18.7 Å².